The van der Waals surface area contributed by atoms with Crippen molar-refractivity contribution in [2.75, 3.05) is 12.8 Å². The smallest absolute Gasteiger partial charge is 0.205 e. The summed E-state index contributed by atoms with van der Waals surface area (Å²) in [6.45, 7) is 3.01. The van der Waals surface area contributed by atoms with E-state index < -0.39 is 13.0 Å². The SMILES string of the molecule is CCP(=O)(O)C(C)CO. The van der Waals surface area contributed by atoms with Gasteiger partial charge in [-0.05, 0) is 0 Å². The van der Waals surface area contributed by atoms with E-state index in [9.17, 15) is 4.57 Å². The van der Waals surface area contributed by atoms with Crippen LogP contribution in [0.25, 0.3) is 0 Å². The van der Waals surface area contributed by atoms with Crippen LogP contribution in [0.5, 0.6) is 0 Å². The summed E-state index contributed by atoms with van der Waals surface area (Å²) >= 11 is 0. The maximum absolute atomic E-state index is 10.9. The molecule has 0 saturated carbocycles. The van der Waals surface area contributed by atoms with E-state index >= 15 is 0 Å². The summed E-state index contributed by atoms with van der Waals surface area (Å²) in [6.07, 6.45) is 0.245. The lowest BCUT2D eigenvalue weighted by molar-refractivity contribution is 0.288. The Bertz CT molecular complexity index is 123. The third-order valence-electron chi connectivity index (χ3n) is 1.41. The average Bonchev–Trinajstić information content (AvgIpc) is 1.86. The van der Waals surface area contributed by atoms with Crippen LogP contribution < -0.4 is 0 Å². The molecule has 0 rings (SSSR count). The van der Waals surface area contributed by atoms with E-state index in [1.54, 1.807) is 13.8 Å². The lowest BCUT2D eigenvalue weighted by Crippen LogP contribution is -2.09. The molecule has 0 fully saturated rings. The summed E-state index contributed by atoms with van der Waals surface area (Å²) in [5.74, 6) is 0. The fraction of sp³-hybridized carbons (Fsp3) is 1.00. The zero-order valence-corrected chi connectivity index (χ0v) is 6.64. The first-order valence-corrected chi connectivity index (χ1v) is 4.88. The van der Waals surface area contributed by atoms with Crippen molar-refractivity contribution in [2.45, 2.75) is 19.5 Å². The van der Waals surface area contributed by atoms with Crippen LogP contribution in [0, 0.1) is 0 Å². The molecule has 9 heavy (non-hydrogen) atoms. The maximum Gasteiger partial charge on any atom is 0.205 e. The number of hydrogen-bond donors (Lipinski definition) is 2. The molecular formula is C5H13O3P. The van der Waals surface area contributed by atoms with Crippen molar-refractivity contribution in [3.8, 4) is 0 Å². The van der Waals surface area contributed by atoms with Crippen LogP contribution in [-0.2, 0) is 4.57 Å². The predicted octanol–water partition coefficient (Wildman–Crippen LogP) is 0.657. The quantitative estimate of drug-likeness (QED) is 0.584. The summed E-state index contributed by atoms with van der Waals surface area (Å²) in [5.41, 5.74) is -0.470. The Morgan fingerprint density at radius 2 is 2.11 bits per heavy atom. The molecule has 2 atom stereocenters. The van der Waals surface area contributed by atoms with E-state index in [1.807, 2.05) is 0 Å². The largest absolute Gasteiger partial charge is 0.396 e. The van der Waals surface area contributed by atoms with E-state index in [1.165, 1.54) is 0 Å². The molecule has 0 aromatic heterocycles. The lowest BCUT2D eigenvalue weighted by atomic mass is 10.5. The minimum absolute atomic E-state index is 0.207. The van der Waals surface area contributed by atoms with Crippen molar-refractivity contribution >= 4 is 7.37 Å². The molecule has 0 saturated heterocycles. The van der Waals surface area contributed by atoms with Gasteiger partial charge in [0.2, 0.25) is 7.37 Å². The maximum atomic E-state index is 10.9. The van der Waals surface area contributed by atoms with E-state index in [0.717, 1.165) is 0 Å². The molecule has 0 amide bonds. The van der Waals surface area contributed by atoms with Gasteiger partial charge < -0.3 is 10.00 Å². The van der Waals surface area contributed by atoms with Gasteiger partial charge in [0.25, 0.3) is 0 Å². The molecule has 2 unspecified atom stereocenters. The normalized spacial score (nSPS) is 20.9. The third kappa shape index (κ3) is 2.48. The molecule has 0 spiro atoms. The average molecular weight is 152 g/mol. The fourth-order valence-corrected chi connectivity index (χ4v) is 1.32. The van der Waals surface area contributed by atoms with Gasteiger partial charge >= 0.3 is 0 Å². The van der Waals surface area contributed by atoms with Crippen LogP contribution in [0.4, 0.5) is 0 Å². The van der Waals surface area contributed by atoms with Gasteiger partial charge in [0.1, 0.15) is 0 Å². The van der Waals surface area contributed by atoms with E-state index in [2.05, 4.69) is 0 Å². The Hall–Kier alpha value is 0.150. The zero-order chi connectivity index (χ0) is 7.49. The molecule has 4 heteroatoms. The summed E-state index contributed by atoms with van der Waals surface area (Å²) in [6, 6.07) is 0. The first kappa shape index (κ1) is 9.15. The summed E-state index contributed by atoms with van der Waals surface area (Å²) < 4.78 is 10.9. The number of aliphatic hydroxyl groups is 1. The van der Waals surface area contributed by atoms with E-state index in [4.69, 9.17) is 10.00 Å². The van der Waals surface area contributed by atoms with Crippen LogP contribution in [0.2, 0.25) is 0 Å². The van der Waals surface area contributed by atoms with Gasteiger partial charge in [0.05, 0.1) is 12.3 Å². The van der Waals surface area contributed by atoms with Gasteiger partial charge in [-0.3, -0.25) is 4.57 Å². The standard InChI is InChI=1S/C5H13O3P/c1-3-9(7,8)5(2)4-6/h5-6H,3-4H2,1-2H3,(H,7,8). The summed E-state index contributed by atoms with van der Waals surface area (Å²) in [7, 11) is -3.01. The Morgan fingerprint density at radius 3 is 2.22 bits per heavy atom. The van der Waals surface area contributed by atoms with Gasteiger partial charge in [-0.2, -0.15) is 0 Å². The molecule has 0 radical (unpaired) electrons. The first-order valence-electron chi connectivity index (χ1n) is 2.97. The van der Waals surface area contributed by atoms with Crippen LogP contribution in [0.3, 0.4) is 0 Å². The Morgan fingerprint density at radius 1 is 1.67 bits per heavy atom. The first-order chi connectivity index (χ1) is 4.04. The Labute approximate surface area is 55.2 Å². The second-order valence-electron chi connectivity index (χ2n) is 2.10. The molecule has 56 valence electrons. The van der Waals surface area contributed by atoms with Gasteiger partial charge in [-0.1, -0.05) is 13.8 Å². The number of hydrogen-bond acceptors (Lipinski definition) is 2. The molecule has 2 N–H and O–H groups in total. The molecule has 0 aliphatic carbocycles. The monoisotopic (exact) mass is 152 g/mol. The van der Waals surface area contributed by atoms with Gasteiger partial charge in [-0.15, -0.1) is 0 Å². The van der Waals surface area contributed by atoms with Crippen LogP contribution >= 0.6 is 7.37 Å². The highest BCUT2D eigenvalue weighted by Crippen LogP contribution is 2.44. The van der Waals surface area contributed by atoms with Crippen molar-refractivity contribution in [1.29, 1.82) is 0 Å². The Kier molecular flexibility index (Phi) is 3.41. The van der Waals surface area contributed by atoms with Gasteiger partial charge in [0.15, 0.2) is 0 Å². The van der Waals surface area contributed by atoms with Crippen LogP contribution in [0.1, 0.15) is 13.8 Å². The second kappa shape index (κ2) is 3.35. The molecule has 3 nitrogen and oxygen atoms in total. The molecule has 0 aromatic carbocycles. The highest BCUT2D eigenvalue weighted by Gasteiger charge is 2.22. The summed E-state index contributed by atoms with van der Waals surface area (Å²) in [5, 5.41) is 8.47. The highest BCUT2D eigenvalue weighted by molar-refractivity contribution is 7.58. The van der Waals surface area contributed by atoms with E-state index in [-0.39, 0.29) is 12.8 Å². The van der Waals surface area contributed by atoms with Crippen LogP contribution in [-0.4, -0.2) is 28.4 Å². The van der Waals surface area contributed by atoms with Crippen molar-refractivity contribution in [1.82, 2.24) is 0 Å². The van der Waals surface area contributed by atoms with Crippen molar-refractivity contribution < 1.29 is 14.6 Å². The van der Waals surface area contributed by atoms with Gasteiger partial charge in [0, 0.05) is 6.16 Å². The fourth-order valence-electron chi connectivity index (χ4n) is 0.439. The summed E-state index contributed by atoms with van der Waals surface area (Å²) in [4.78, 5) is 8.99. The van der Waals surface area contributed by atoms with Gasteiger partial charge in [-0.25, -0.2) is 0 Å². The molecule has 0 bridgehead atoms. The van der Waals surface area contributed by atoms with Crippen molar-refractivity contribution in [2.24, 2.45) is 0 Å². The number of aliphatic hydroxyl groups excluding tert-OH is 1. The van der Waals surface area contributed by atoms with Crippen LogP contribution in [0.15, 0.2) is 0 Å². The second-order valence-corrected chi connectivity index (χ2v) is 5.13. The molecule has 0 heterocycles. The highest BCUT2D eigenvalue weighted by atomic mass is 31.2. The van der Waals surface area contributed by atoms with Crippen molar-refractivity contribution in [3.05, 3.63) is 0 Å². The predicted molar refractivity (Wildman–Crippen MR) is 36.9 cm³/mol. The number of rotatable bonds is 3. The Balaban J connectivity index is 3.98. The minimum atomic E-state index is -3.01. The zero-order valence-electron chi connectivity index (χ0n) is 5.74. The molecular weight excluding hydrogens is 139 g/mol. The lowest BCUT2D eigenvalue weighted by Gasteiger charge is -2.13. The third-order valence-corrected chi connectivity index (χ3v) is 3.85. The molecule has 0 aliphatic rings. The van der Waals surface area contributed by atoms with E-state index in [0.29, 0.717) is 0 Å². The molecule has 0 aromatic rings. The topological polar surface area (TPSA) is 57.5 Å². The minimum Gasteiger partial charge on any atom is -0.396 e. The molecule has 0 aliphatic heterocycles. The van der Waals surface area contributed by atoms with Crippen molar-refractivity contribution in [3.63, 3.8) is 0 Å².